The summed E-state index contributed by atoms with van der Waals surface area (Å²) >= 11 is 0. The van der Waals surface area contributed by atoms with Crippen LogP contribution >= 0.6 is 0 Å². The molecular weight excluding hydrogens is 230 g/mol. The minimum absolute atomic E-state index is 0.0616. The van der Waals surface area contributed by atoms with Crippen molar-refractivity contribution in [1.29, 1.82) is 0 Å². The van der Waals surface area contributed by atoms with Crippen molar-refractivity contribution < 1.29 is 9.59 Å². The quantitative estimate of drug-likeness (QED) is 0.735. The van der Waals surface area contributed by atoms with E-state index < -0.39 is 0 Å². The number of hydrogen-bond donors (Lipinski definition) is 3. The Morgan fingerprint density at radius 2 is 2.06 bits per heavy atom. The fraction of sp³-hybridized carbons (Fsp3) is 0.385. The Labute approximate surface area is 106 Å². The van der Waals surface area contributed by atoms with E-state index in [9.17, 15) is 9.59 Å². The lowest BCUT2D eigenvalue weighted by Crippen LogP contribution is -2.42. The molecule has 0 bridgehead atoms. The van der Waals surface area contributed by atoms with Crippen LogP contribution in [0.1, 0.15) is 18.4 Å². The number of benzene rings is 1. The predicted octanol–water partition coefficient (Wildman–Crippen LogP) is 0.764. The van der Waals surface area contributed by atoms with Crippen LogP contribution in [0.15, 0.2) is 30.3 Å². The Kier molecular flexibility index (Phi) is 4.17. The lowest BCUT2D eigenvalue weighted by molar-refractivity contribution is -0.119. The Morgan fingerprint density at radius 3 is 2.72 bits per heavy atom. The zero-order chi connectivity index (χ0) is 12.8. The lowest BCUT2D eigenvalue weighted by Gasteiger charge is -2.12. The summed E-state index contributed by atoms with van der Waals surface area (Å²) < 4.78 is 0. The molecule has 18 heavy (non-hydrogen) atoms. The minimum atomic E-state index is -0.208. The van der Waals surface area contributed by atoms with Crippen LogP contribution in [0.4, 0.5) is 4.79 Å². The van der Waals surface area contributed by atoms with Crippen LogP contribution in [0, 0.1) is 0 Å². The highest BCUT2D eigenvalue weighted by Gasteiger charge is 2.20. The molecule has 1 heterocycles. The van der Waals surface area contributed by atoms with E-state index in [0.717, 1.165) is 12.0 Å². The van der Waals surface area contributed by atoms with Gasteiger partial charge in [0.15, 0.2) is 0 Å². The molecule has 96 valence electrons. The van der Waals surface area contributed by atoms with Crippen LogP contribution in [0.5, 0.6) is 0 Å². The molecule has 0 saturated carbocycles. The van der Waals surface area contributed by atoms with E-state index >= 15 is 0 Å². The molecule has 0 radical (unpaired) electrons. The molecular formula is C13H17N3O2. The van der Waals surface area contributed by atoms with Gasteiger partial charge in [-0.1, -0.05) is 30.3 Å². The van der Waals surface area contributed by atoms with Crippen LogP contribution < -0.4 is 16.0 Å². The van der Waals surface area contributed by atoms with Gasteiger partial charge >= 0.3 is 6.03 Å². The number of hydrogen-bond acceptors (Lipinski definition) is 2. The van der Waals surface area contributed by atoms with Crippen molar-refractivity contribution in [2.45, 2.75) is 25.4 Å². The lowest BCUT2D eigenvalue weighted by atomic mass is 10.2. The average Bonchev–Trinajstić information content (AvgIpc) is 2.81. The average molecular weight is 247 g/mol. The molecule has 1 fully saturated rings. The normalized spacial score (nSPS) is 18.2. The summed E-state index contributed by atoms with van der Waals surface area (Å²) in [6, 6.07) is 9.58. The molecule has 5 heteroatoms. The molecule has 0 spiro atoms. The van der Waals surface area contributed by atoms with E-state index in [1.807, 2.05) is 30.3 Å². The minimum Gasteiger partial charge on any atom is -0.352 e. The zero-order valence-corrected chi connectivity index (χ0v) is 10.1. The highest BCUT2D eigenvalue weighted by molar-refractivity contribution is 5.79. The Balaban J connectivity index is 1.65. The molecule has 5 nitrogen and oxygen atoms in total. The first-order valence-corrected chi connectivity index (χ1v) is 6.09. The van der Waals surface area contributed by atoms with Crippen molar-refractivity contribution in [3.63, 3.8) is 0 Å². The molecule has 0 aromatic heterocycles. The van der Waals surface area contributed by atoms with Gasteiger partial charge in [-0.3, -0.25) is 4.79 Å². The Morgan fingerprint density at radius 1 is 1.28 bits per heavy atom. The molecule has 1 aromatic rings. The predicted molar refractivity (Wildman–Crippen MR) is 67.8 cm³/mol. The van der Waals surface area contributed by atoms with Gasteiger partial charge in [0.2, 0.25) is 5.91 Å². The molecule has 1 aliphatic heterocycles. The highest BCUT2D eigenvalue weighted by Crippen LogP contribution is 2.04. The van der Waals surface area contributed by atoms with E-state index in [1.165, 1.54) is 0 Å². The molecule has 3 amide bonds. The van der Waals surface area contributed by atoms with E-state index in [0.29, 0.717) is 19.5 Å². The number of rotatable bonds is 4. The Hall–Kier alpha value is -2.04. The number of carbonyl (C=O) groups is 2. The summed E-state index contributed by atoms with van der Waals surface area (Å²) in [7, 11) is 0. The second-order valence-electron chi connectivity index (χ2n) is 4.35. The molecule has 0 aliphatic carbocycles. The van der Waals surface area contributed by atoms with Crippen molar-refractivity contribution in [2.75, 3.05) is 6.54 Å². The van der Waals surface area contributed by atoms with Crippen LogP contribution in [0.2, 0.25) is 0 Å². The fourth-order valence-electron chi connectivity index (χ4n) is 1.89. The summed E-state index contributed by atoms with van der Waals surface area (Å²) in [6.45, 7) is 0.982. The summed E-state index contributed by atoms with van der Waals surface area (Å²) in [6.07, 6.45) is 1.34. The first-order valence-electron chi connectivity index (χ1n) is 6.09. The second kappa shape index (κ2) is 6.05. The van der Waals surface area contributed by atoms with E-state index in [2.05, 4.69) is 16.0 Å². The number of amides is 3. The molecule has 1 aromatic carbocycles. The summed E-state index contributed by atoms with van der Waals surface area (Å²) in [5.74, 6) is 0.0616. The maximum Gasteiger partial charge on any atom is 0.315 e. The highest BCUT2D eigenvalue weighted by atomic mass is 16.2. The summed E-state index contributed by atoms with van der Waals surface area (Å²) in [4.78, 5) is 22.5. The number of urea groups is 1. The van der Waals surface area contributed by atoms with Crippen LogP contribution in [-0.4, -0.2) is 24.5 Å². The maximum atomic E-state index is 11.5. The Bertz CT molecular complexity index is 420. The third-order valence-corrected chi connectivity index (χ3v) is 2.89. The zero-order valence-electron chi connectivity index (χ0n) is 10.1. The third-order valence-electron chi connectivity index (χ3n) is 2.89. The smallest absolute Gasteiger partial charge is 0.315 e. The van der Waals surface area contributed by atoms with Gasteiger partial charge in [0, 0.05) is 25.6 Å². The van der Waals surface area contributed by atoms with Gasteiger partial charge in [0.25, 0.3) is 0 Å². The van der Waals surface area contributed by atoms with Gasteiger partial charge in [-0.05, 0) is 12.0 Å². The third kappa shape index (κ3) is 3.76. The monoisotopic (exact) mass is 247 g/mol. The van der Waals surface area contributed by atoms with Crippen molar-refractivity contribution in [3.05, 3.63) is 35.9 Å². The van der Waals surface area contributed by atoms with Gasteiger partial charge in [0.05, 0.1) is 0 Å². The fourth-order valence-corrected chi connectivity index (χ4v) is 1.89. The van der Waals surface area contributed by atoms with Crippen molar-refractivity contribution in [3.8, 4) is 0 Å². The van der Waals surface area contributed by atoms with E-state index in [4.69, 9.17) is 0 Å². The summed E-state index contributed by atoms with van der Waals surface area (Å²) in [5, 5.41) is 8.32. The van der Waals surface area contributed by atoms with Gasteiger partial charge in [-0.15, -0.1) is 0 Å². The van der Waals surface area contributed by atoms with Crippen LogP contribution in [0.3, 0.4) is 0 Å². The maximum absolute atomic E-state index is 11.5. The van der Waals surface area contributed by atoms with Gasteiger partial charge in [0.1, 0.15) is 0 Å². The standard InChI is InChI=1S/C13H17N3O2/c17-12-7-6-11(16-12)9-15-13(18)14-8-10-4-2-1-3-5-10/h1-5,11H,6-9H2,(H,16,17)(H2,14,15,18). The molecule has 1 saturated heterocycles. The second-order valence-corrected chi connectivity index (χ2v) is 4.35. The van der Waals surface area contributed by atoms with Gasteiger partial charge in [-0.2, -0.15) is 0 Å². The molecule has 2 rings (SSSR count). The first-order chi connectivity index (χ1) is 8.74. The van der Waals surface area contributed by atoms with Gasteiger partial charge < -0.3 is 16.0 Å². The van der Waals surface area contributed by atoms with Crippen LogP contribution in [0.25, 0.3) is 0 Å². The van der Waals surface area contributed by atoms with Crippen molar-refractivity contribution >= 4 is 11.9 Å². The molecule has 3 N–H and O–H groups in total. The number of nitrogens with one attached hydrogen (secondary N) is 3. The molecule has 1 atom stereocenters. The van der Waals surface area contributed by atoms with Gasteiger partial charge in [-0.25, -0.2) is 4.79 Å². The molecule has 1 aliphatic rings. The largest absolute Gasteiger partial charge is 0.352 e. The van der Waals surface area contributed by atoms with E-state index in [1.54, 1.807) is 0 Å². The first kappa shape index (κ1) is 12.4. The van der Waals surface area contributed by atoms with Crippen molar-refractivity contribution in [1.82, 2.24) is 16.0 Å². The van der Waals surface area contributed by atoms with Crippen LogP contribution in [-0.2, 0) is 11.3 Å². The topological polar surface area (TPSA) is 70.2 Å². The van der Waals surface area contributed by atoms with E-state index in [-0.39, 0.29) is 18.0 Å². The summed E-state index contributed by atoms with van der Waals surface area (Å²) in [5.41, 5.74) is 1.06. The number of carbonyl (C=O) groups excluding carboxylic acids is 2. The molecule has 1 unspecified atom stereocenters. The van der Waals surface area contributed by atoms with Crippen molar-refractivity contribution in [2.24, 2.45) is 0 Å². The SMILES string of the molecule is O=C1CCC(CNC(=O)NCc2ccccc2)N1.